The molecule has 0 bridgehead atoms. The Bertz CT molecular complexity index is 803. The van der Waals surface area contributed by atoms with Crippen molar-refractivity contribution in [1.82, 2.24) is 19.2 Å². The molecule has 0 saturated carbocycles. The molecule has 3 rings (SSSR count). The second-order valence-electron chi connectivity index (χ2n) is 7.81. The summed E-state index contributed by atoms with van der Waals surface area (Å²) in [7, 11) is 1.41. The summed E-state index contributed by atoms with van der Waals surface area (Å²) in [6.45, 7) is 8.80. The maximum Gasteiger partial charge on any atom is 0.409 e. The Hall–Kier alpha value is -2.26. The highest BCUT2D eigenvalue weighted by Crippen LogP contribution is 2.24. The third-order valence-corrected chi connectivity index (χ3v) is 5.94. The van der Waals surface area contributed by atoms with Crippen LogP contribution in [0.3, 0.4) is 0 Å². The van der Waals surface area contributed by atoms with Gasteiger partial charge >= 0.3 is 6.09 Å². The van der Waals surface area contributed by atoms with Crippen LogP contribution in [0.1, 0.15) is 25.2 Å². The molecule has 0 spiro atoms. The number of amides is 1. The van der Waals surface area contributed by atoms with Gasteiger partial charge in [0.1, 0.15) is 11.6 Å². The van der Waals surface area contributed by atoms with E-state index in [0.717, 1.165) is 42.6 Å². The van der Waals surface area contributed by atoms with Gasteiger partial charge in [-0.3, -0.25) is 4.90 Å². The van der Waals surface area contributed by atoms with Crippen molar-refractivity contribution < 1.29 is 13.9 Å². The number of hydrogen-bond donors (Lipinski definition) is 1. The molecule has 7 nitrogen and oxygen atoms in total. The van der Waals surface area contributed by atoms with Gasteiger partial charge in [0.25, 0.3) is 0 Å². The van der Waals surface area contributed by atoms with Crippen molar-refractivity contribution >= 4 is 22.8 Å². The lowest BCUT2D eigenvalue weighted by molar-refractivity contribution is 0.0913. The van der Waals surface area contributed by atoms with Gasteiger partial charge in [0, 0.05) is 62.6 Å². The summed E-state index contributed by atoms with van der Waals surface area (Å²) in [5.41, 5.74) is 0.918. The molecule has 1 aromatic heterocycles. The standard InChI is InChI=1S/C20H28FN5O2S/c1-20(2,15-4-6-16(21)7-5-15)14-22-18-23-17(24-29-18)8-9-25-10-12-26(13-11-25)19(27)28-3/h4-7H,8-14H2,1-3H3,(H,22,23,24). The molecule has 0 atom stereocenters. The summed E-state index contributed by atoms with van der Waals surface area (Å²) in [6.07, 6.45) is 0.516. The molecule has 29 heavy (non-hydrogen) atoms. The van der Waals surface area contributed by atoms with Crippen molar-refractivity contribution in [2.45, 2.75) is 25.7 Å². The molecule has 0 unspecified atom stereocenters. The minimum atomic E-state index is -0.259. The number of benzene rings is 1. The first-order chi connectivity index (χ1) is 13.9. The van der Waals surface area contributed by atoms with Gasteiger partial charge in [-0.2, -0.15) is 4.37 Å². The molecule has 1 aliphatic rings. The number of nitrogens with zero attached hydrogens (tertiary/aromatic N) is 4. The minimum absolute atomic E-state index is 0.154. The summed E-state index contributed by atoms with van der Waals surface area (Å²) < 4.78 is 22.4. The molecule has 2 heterocycles. The summed E-state index contributed by atoms with van der Waals surface area (Å²) in [6, 6.07) is 6.63. The number of methoxy groups -OCH3 is 1. The van der Waals surface area contributed by atoms with Gasteiger partial charge < -0.3 is 15.0 Å². The molecule has 0 radical (unpaired) electrons. The predicted molar refractivity (Wildman–Crippen MR) is 112 cm³/mol. The van der Waals surface area contributed by atoms with Crippen LogP contribution in [0, 0.1) is 5.82 Å². The van der Waals surface area contributed by atoms with E-state index in [-0.39, 0.29) is 17.3 Å². The van der Waals surface area contributed by atoms with Crippen LogP contribution in [-0.2, 0) is 16.6 Å². The highest BCUT2D eigenvalue weighted by molar-refractivity contribution is 7.09. The molecule has 0 aliphatic carbocycles. The molecule has 158 valence electrons. The number of halogens is 1. The molecular weight excluding hydrogens is 393 g/mol. The summed E-state index contributed by atoms with van der Waals surface area (Å²) in [4.78, 5) is 20.2. The normalized spacial score (nSPS) is 15.4. The molecule has 1 aromatic carbocycles. The zero-order chi connectivity index (χ0) is 20.9. The zero-order valence-electron chi connectivity index (χ0n) is 17.2. The minimum Gasteiger partial charge on any atom is -0.453 e. The van der Waals surface area contributed by atoms with Crippen LogP contribution in [0.2, 0.25) is 0 Å². The van der Waals surface area contributed by atoms with E-state index in [1.54, 1.807) is 4.90 Å². The van der Waals surface area contributed by atoms with E-state index in [4.69, 9.17) is 4.74 Å². The Morgan fingerprint density at radius 1 is 1.24 bits per heavy atom. The molecule has 1 saturated heterocycles. The van der Waals surface area contributed by atoms with Crippen LogP contribution in [-0.4, -0.2) is 71.6 Å². The molecule has 1 aliphatic heterocycles. The average molecular weight is 422 g/mol. The number of hydrogen-bond acceptors (Lipinski definition) is 7. The van der Waals surface area contributed by atoms with Crippen LogP contribution >= 0.6 is 11.5 Å². The fraction of sp³-hybridized carbons (Fsp3) is 0.550. The van der Waals surface area contributed by atoms with Crippen LogP contribution in [0.15, 0.2) is 24.3 Å². The van der Waals surface area contributed by atoms with Crippen molar-refractivity contribution in [1.29, 1.82) is 0 Å². The topological polar surface area (TPSA) is 70.6 Å². The number of ether oxygens (including phenoxy) is 1. The number of nitrogens with one attached hydrogen (secondary N) is 1. The lowest BCUT2D eigenvalue weighted by Crippen LogP contribution is -2.49. The van der Waals surface area contributed by atoms with E-state index < -0.39 is 0 Å². The molecule has 9 heteroatoms. The third-order valence-electron chi connectivity index (χ3n) is 5.23. The lowest BCUT2D eigenvalue weighted by atomic mass is 9.85. The summed E-state index contributed by atoms with van der Waals surface area (Å²) in [5.74, 6) is 0.602. The molecule has 1 amide bonds. The maximum absolute atomic E-state index is 13.1. The van der Waals surface area contributed by atoms with E-state index in [1.807, 2.05) is 12.1 Å². The lowest BCUT2D eigenvalue weighted by Gasteiger charge is -2.33. The van der Waals surface area contributed by atoms with Crippen molar-refractivity contribution in [3.63, 3.8) is 0 Å². The molecule has 1 fully saturated rings. The van der Waals surface area contributed by atoms with Crippen molar-refractivity contribution in [3.05, 3.63) is 41.5 Å². The van der Waals surface area contributed by atoms with Gasteiger partial charge in [-0.1, -0.05) is 26.0 Å². The van der Waals surface area contributed by atoms with Gasteiger partial charge in [-0.05, 0) is 17.7 Å². The van der Waals surface area contributed by atoms with Crippen molar-refractivity contribution in [2.75, 3.05) is 51.7 Å². The van der Waals surface area contributed by atoms with E-state index in [9.17, 15) is 9.18 Å². The number of carbonyl (C=O) groups excluding carboxylic acids is 1. The van der Waals surface area contributed by atoms with Crippen LogP contribution in [0.4, 0.5) is 14.3 Å². The Balaban J connectivity index is 1.44. The number of aromatic nitrogens is 2. The van der Waals surface area contributed by atoms with E-state index in [1.165, 1.54) is 30.8 Å². The Morgan fingerprint density at radius 3 is 2.59 bits per heavy atom. The van der Waals surface area contributed by atoms with Crippen LogP contribution in [0.25, 0.3) is 0 Å². The summed E-state index contributed by atoms with van der Waals surface area (Å²) >= 11 is 1.36. The first-order valence-electron chi connectivity index (χ1n) is 9.75. The fourth-order valence-electron chi connectivity index (χ4n) is 3.27. The van der Waals surface area contributed by atoms with E-state index >= 15 is 0 Å². The number of anilines is 1. The first kappa shape index (κ1) is 21.4. The molecular formula is C20H28FN5O2S. The van der Waals surface area contributed by atoms with Gasteiger partial charge in [-0.15, -0.1) is 0 Å². The molecule has 1 N–H and O–H groups in total. The number of rotatable bonds is 7. The number of piperazine rings is 1. The predicted octanol–water partition coefficient (Wildman–Crippen LogP) is 2.99. The zero-order valence-corrected chi connectivity index (χ0v) is 18.0. The van der Waals surface area contributed by atoms with E-state index in [0.29, 0.717) is 19.6 Å². The van der Waals surface area contributed by atoms with Crippen LogP contribution in [0.5, 0.6) is 0 Å². The molecule has 2 aromatic rings. The Labute approximate surface area is 175 Å². The van der Waals surface area contributed by atoms with Crippen LogP contribution < -0.4 is 5.32 Å². The largest absolute Gasteiger partial charge is 0.453 e. The Morgan fingerprint density at radius 2 is 1.93 bits per heavy atom. The van der Waals surface area contributed by atoms with Gasteiger partial charge in [-0.25, -0.2) is 14.2 Å². The third kappa shape index (κ3) is 5.86. The van der Waals surface area contributed by atoms with Gasteiger partial charge in [0.05, 0.1) is 7.11 Å². The van der Waals surface area contributed by atoms with Gasteiger partial charge in [0.15, 0.2) is 0 Å². The van der Waals surface area contributed by atoms with Crippen molar-refractivity contribution in [3.8, 4) is 0 Å². The Kier molecular flexibility index (Phi) is 7.02. The maximum atomic E-state index is 13.1. The highest BCUT2D eigenvalue weighted by atomic mass is 32.1. The second-order valence-corrected chi connectivity index (χ2v) is 8.56. The fourth-order valence-corrected chi connectivity index (χ4v) is 3.88. The smallest absolute Gasteiger partial charge is 0.409 e. The van der Waals surface area contributed by atoms with E-state index in [2.05, 4.69) is 33.4 Å². The number of carbonyl (C=O) groups is 1. The second kappa shape index (κ2) is 9.49. The van der Waals surface area contributed by atoms with Crippen molar-refractivity contribution in [2.24, 2.45) is 0 Å². The average Bonchev–Trinajstić information content (AvgIpc) is 3.19. The first-order valence-corrected chi connectivity index (χ1v) is 10.5. The highest BCUT2D eigenvalue weighted by Gasteiger charge is 2.22. The SMILES string of the molecule is COC(=O)N1CCN(CCc2nsc(NCC(C)(C)c3ccc(F)cc3)n2)CC1. The summed E-state index contributed by atoms with van der Waals surface area (Å²) in [5, 5.41) is 4.16. The van der Waals surface area contributed by atoms with Gasteiger partial charge in [0.2, 0.25) is 5.13 Å². The quantitative estimate of drug-likeness (QED) is 0.741. The monoisotopic (exact) mass is 421 g/mol.